The lowest BCUT2D eigenvalue weighted by atomic mass is 10.0. The molecule has 2 amide bonds. The molecule has 166 valence electrons. The summed E-state index contributed by atoms with van der Waals surface area (Å²) in [5.74, 6) is -0.594. The van der Waals surface area contributed by atoms with Gasteiger partial charge in [0, 0.05) is 29.9 Å². The van der Waals surface area contributed by atoms with Crippen LogP contribution in [0, 0.1) is 18.7 Å². The summed E-state index contributed by atoms with van der Waals surface area (Å²) in [7, 11) is 0. The van der Waals surface area contributed by atoms with Crippen LogP contribution < -0.4 is 15.4 Å². The SMILES string of the molecule is Cc1cccc(C(=O)NC(C(=O)NCc2cccnc2Oc2cccc(F)c2)C(C)C)c1. The summed E-state index contributed by atoms with van der Waals surface area (Å²) >= 11 is 0. The topological polar surface area (TPSA) is 80.3 Å². The number of benzene rings is 2. The van der Waals surface area contributed by atoms with Crippen molar-refractivity contribution in [2.75, 3.05) is 0 Å². The minimum atomic E-state index is -0.715. The molecular weight excluding hydrogens is 409 g/mol. The summed E-state index contributed by atoms with van der Waals surface area (Å²) in [5.41, 5.74) is 2.09. The number of aromatic nitrogens is 1. The first kappa shape index (κ1) is 22.9. The Morgan fingerprint density at radius 2 is 1.84 bits per heavy atom. The Hall–Kier alpha value is -3.74. The zero-order valence-corrected chi connectivity index (χ0v) is 18.3. The van der Waals surface area contributed by atoms with Gasteiger partial charge in [0.25, 0.3) is 5.91 Å². The van der Waals surface area contributed by atoms with Crippen molar-refractivity contribution in [3.8, 4) is 11.6 Å². The predicted octanol–water partition coefficient (Wildman–Crippen LogP) is 4.39. The van der Waals surface area contributed by atoms with E-state index in [1.54, 1.807) is 48.7 Å². The van der Waals surface area contributed by atoms with Crippen LogP contribution in [0.4, 0.5) is 4.39 Å². The molecule has 0 radical (unpaired) electrons. The van der Waals surface area contributed by atoms with Crippen LogP contribution in [0.5, 0.6) is 11.6 Å². The molecule has 7 heteroatoms. The Labute approximate surface area is 186 Å². The van der Waals surface area contributed by atoms with Crippen molar-refractivity contribution in [2.45, 2.75) is 33.4 Å². The monoisotopic (exact) mass is 435 g/mol. The first-order chi connectivity index (χ1) is 15.3. The van der Waals surface area contributed by atoms with E-state index in [1.165, 1.54) is 12.1 Å². The van der Waals surface area contributed by atoms with Crippen molar-refractivity contribution in [2.24, 2.45) is 5.92 Å². The second-order valence-corrected chi connectivity index (χ2v) is 7.81. The highest BCUT2D eigenvalue weighted by Gasteiger charge is 2.25. The van der Waals surface area contributed by atoms with Crippen molar-refractivity contribution in [1.82, 2.24) is 15.6 Å². The highest BCUT2D eigenvalue weighted by molar-refractivity contribution is 5.97. The fourth-order valence-electron chi connectivity index (χ4n) is 3.13. The zero-order chi connectivity index (χ0) is 23.1. The van der Waals surface area contributed by atoms with Gasteiger partial charge in [0.15, 0.2) is 0 Å². The Kier molecular flexibility index (Phi) is 7.54. The van der Waals surface area contributed by atoms with Crippen molar-refractivity contribution in [1.29, 1.82) is 0 Å². The average Bonchev–Trinajstić information content (AvgIpc) is 2.76. The molecule has 2 aromatic carbocycles. The number of carbonyl (C=O) groups is 2. The number of amides is 2. The van der Waals surface area contributed by atoms with Crippen LogP contribution in [0.3, 0.4) is 0 Å². The molecule has 0 fully saturated rings. The molecule has 3 rings (SSSR count). The van der Waals surface area contributed by atoms with Crippen LogP contribution in [0.25, 0.3) is 0 Å². The molecule has 0 bridgehead atoms. The number of pyridine rings is 1. The first-order valence-corrected chi connectivity index (χ1v) is 10.4. The van der Waals surface area contributed by atoms with Gasteiger partial charge in [0.1, 0.15) is 17.6 Å². The van der Waals surface area contributed by atoms with E-state index in [9.17, 15) is 14.0 Å². The maximum atomic E-state index is 13.4. The Bertz CT molecular complexity index is 1100. The maximum Gasteiger partial charge on any atom is 0.251 e. The summed E-state index contributed by atoms with van der Waals surface area (Å²) in [6.07, 6.45) is 1.55. The van der Waals surface area contributed by atoms with Gasteiger partial charge in [-0.2, -0.15) is 0 Å². The standard InChI is InChI=1S/C25H26FN3O3/c1-16(2)22(29-23(30)18-8-4-7-17(3)13-18)24(31)28-15-19-9-6-12-27-25(19)32-21-11-5-10-20(26)14-21/h4-14,16,22H,15H2,1-3H3,(H,28,31)(H,29,30). The van der Waals surface area contributed by atoms with E-state index in [0.717, 1.165) is 5.56 Å². The smallest absolute Gasteiger partial charge is 0.251 e. The van der Waals surface area contributed by atoms with Crippen LogP contribution in [0.15, 0.2) is 66.9 Å². The predicted molar refractivity (Wildman–Crippen MR) is 120 cm³/mol. The number of ether oxygens (including phenoxy) is 1. The fraction of sp³-hybridized carbons (Fsp3) is 0.240. The molecular formula is C25H26FN3O3. The molecule has 1 aromatic heterocycles. The van der Waals surface area contributed by atoms with E-state index in [-0.39, 0.29) is 30.2 Å². The fourth-order valence-corrected chi connectivity index (χ4v) is 3.13. The van der Waals surface area contributed by atoms with Crippen LogP contribution in [-0.4, -0.2) is 22.8 Å². The maximum absolute atomic E-state index is 13.4. The van der Waals surface area contributed by atoms with Gasteiger partial charge in [-0.25, -0.2) is 9.37 Å². The highest BCUT2D eigenvalue weighted by Crippen LogP contribution is 2.23. The summed E-state index contributed by atoms with van der Waals surface area (Å²) in [6, 6.07) is 15.7. The normalized spacial score (nSPS) is 11.7. The lowest BCUT2D eigenvalue weighted by Gasteiger charge is -2.22. The molecule has 0 saturated carbocycles. The van der Waals surface area contributed by atoms with Crippen LogP contribution in [-0.2, 0) is 11.3 Å². The number of rotatable bonds is 8. The third-order valence-electron chi connectivity index (χ3n) is 4.83. The molecule has 0 spiro atoms. The molecule has 1 unspecified atom stereocenters. The molecule has 0 aliphatic heterocycles. The largest absolute Gasteiger partial charge is 0.439 e. The zero-order valence-electron chi connectivity index (χ0n) is 18.3. The van der Waals surface area contributed by atoms with Crippen LogP contribution in [0.2, 0.25) is 0 Å². The van der Waals surface area contributed by atoms with Gasteiger partial charge in [-0.3, -0.25) is 9.59 Å². The number of hydrogen-bond acceptors (Lipinski definition) is 4. The summed E-state index contributed by atoms with van der Waals surface area (Å²) < 4.78 is 19.1. The molecule has 1 atom stereocenters. The van der Waals surface area contributed by atoms with Gasteiger partial charge in [-0.05, 0) is 43.2 Å². The van der Waals surface area contributed by atoms with Crippen molar-refractivity contribution >= 4 is 11.8 Å². The molecule has 32 heavy (non-hydrogen) atoms. The van der Waals surface area contributed by atoms with E-state index in [4.69, 9.17) is 4.74 Å². The van der Waals surface area contributed by atoms with Crippen molar-refractivity contribution < 1.29 is 18.7 Å². The van der Waals surface area contributed by atoms with E-state index < -0.39 is 11.9 Å². The first-order valence-electron chi connectivity index (χ1n) is 10.4. The second kappa shape index (κ2) is 10.5. The van der Waals surface area contributed by atoms with E-state index in [2.05, 4.69) is 15.6 Å². The third kappa shape index (κ3) is 6.14. The minimum Gasteiger partial charge on any atom is -0.439 e. The minimum absolute atomic E-state index is 0.124. The number of nitrogens with zero attached hydrogens (tertiary/aromatic N) is 1. The second-order valence-electron chi connectivity index (χ2n) is 7.81. The molecule has 3 aromatic rings. The molecule has 0 saturated heterocycles. The average molecular weight is 435 g/mol. The molecule has 6 nitrogen and oxygen atoms in total. The van der Waals surface area contributed by atoms with Gasteiger partial charge >= 0.3 is 0 Å². The Balaban J connectivity index is 1.67. The van der Waals surface area contributed by atoms with E-state index in [0.29, 0.717) is 16.9 Å². The number of aryl methyl sites for hydroxylation is 1. The van der Waals surface area contributed by atoms with Crippen LogP contribution >= 0.6 is 0 Å². The number of hydrogen-bond donors (Lipinski definition) is 2. The van der Waals surface area contributed by atoms with Gasteiger partial charge in [-0.15, -0.1) is 0 Å². The third-order valence-corrected chi connectivity index (χ3v) is 4.83. The number of halogens is 1. The highest BCUT2D eigenvalue weighted by atomic mass is 19.1. The van der Waals surface area contributed by atoms with Crippen LogP contribution in [0.1, 0.15) is 35.3 Å². The van der Waals surface area contributed by atoms with Crippen molar-refractivity contribution in [3.05, 3.63) is 89.4 Å². The molecule has 1 heterocycles. The summed E-state index contributed by atoms with van der Waals surface area (Å²) in [6.45, 7) is 5.77. The van der Waals surface area contributed by atoms with Gasteiger partial charge in [-0.1, -0.05) is 43.7 Å². The number of nitrogens with one attached hydrogen (secondary N) is 2. The lowest BCUT2D eigenvalue weighted by molar-refractivity contribution is -0.124. The van der Waals surface area contributed by atoms with Gasteiger partial charge < -0.3 is 15.4 Å². The Morgan fingerprint density at radius 1 is 1.06 bits per heavy atom. The van der Waals surface area contributed by atoms with Gasteiger partial charge in [0.05, 0.1) is 0 Å². The quantitative estimate of drug-likeness (QED) is 0.550. The lowest BCUT2D eigenvalue weighted by Crippen LogP contribution is -2.49. The molecule has 2 N–H and O–H groups in total. The van der Waals surface area contributed by atoms with E-state index >= 15 is 0 Å². The van der Waals surface area contributed by atoms with E-state index in [1.807, 2.05) is 26.8 Å². The molecule has 0 aliphatic rings. The van der Waals surface area contributed by atoms with Gasteiger partial charge in [0.2, 0.25) is 11.8 Å². The summed E-state index contributed by atoms with van der Waals surface area (Å²) in [5, 5.41) is 5.66. The Morgan fingerprint density at radius 3 is 2.56 bits per heavy atom. The number of carbonyl (C=O) groups excluding carboxylic acids is 2. The molecule has 0 aliphatic carbocycles. The summed E-state index contributed by atoms with van der Waals surface area (Å²) in [4.78, 5) is 29.7. The van der Waals surface area contributed by atoms with Crippen molar-refractivity contribution in [3.63, 3.8) is 0 Å².